The van der Waals surface area contributed by atoms with Crippen molar-refractivity contribution in [2.45, 2.75) is 19.8 Å². The van der Waals surface area contributed by atoms with Crippen LogP contribution in [-0.4, -0.2) is 17.5 Å². The van der Waals surface area contributed by atoms with E-state index in [0.717, 1.165) is 11.1 Å². The molecule has 1 rings (SSSR count). The van der Waals surface area contributed by atoms with E-state index in [1.54, 1.807) is 6.92 Å². The molecular weight excluding hydrogens is 188 g/mol. The summed E-state index contributed by atoms with van der Waals surface area (Å²) in [7, 11) is 0. The molecule has 1 aromatic rings. The molecule has 2 heteroatoms. The van der Waals surface area contributed by atoms with Crippen LogP contribution < -0.4 is 0 Å². The summed E-state index contributed by atoms with van der Waals surface area (Å²) in [6, 6.07) is 7.59. The first-order chi connectivity index (χ1) is 7.24. The van der Waals surface area contributed by atoms with E-state index in [9.17, 15) is 4.79 Å². The first-order valence-electron chi connectivity index (χ1n) is 4.91. The van der Waals surface area contributed by atoms with Crippen LogP contribution in [0.3, 0.4) is 0 Å². The molecule has 0 heterocycles. The monoisotopic (exact) mass is 202 g/mol. The summed E-state index contributed by atoms with van der Waals surface area (Å²) in [5.41, 5.74) is 1.83. The second-order valence-corrected chi connectivity index (χ2v) is 3.31. The molecule has 0 aliphatic heterocycles. The van der Waals surface area contributed by atoms with E-state index < -0.39 is 0 Å². The second-order valence-electron chi connectivity index (χ2n) is 3.31. The molecule has 2 nitrogen and oxygen atoms in total. The van der Waals surface area contributed by atoms with Gasteiger partial charge < -0.3 is 5.11 Å². The van der Waals surface area contributed by atoms with Gasteiger partial charge in [0.05, 0.1) is 6.61 Å². The molecule has 0 bridgehead atoms. The highest BCUT2D eigenvalue weighted by atomic mass is 16.2. The van der Waals surface area contributed by atoms with Crippen molar-refractivity contribution >= 4 is 5.78 Å². The summed E-state index contributed by atoms with van der Waals surface area (Å²) in [6.07, 6.45) is 0.887. The lowest BCUT2D eigenvalue weighted by molar-refractivity contribution is -0.116. The Bertz CT molecular complexity index is 396. The average Bonchev–Trinajstić information content (AvgIpc) is 2.20. The van der Waals surface area contributed by atoms with E-state index in [2.05, 4.69) is 11.8 Å². The molecule has 78 valence electrons. The standard InChI is InChI=1S/C13H14O2/c1-11(15)10-13-8-3-2-6-12(13)7-4-5-9-14/h2-3,6,8,14H,5,9-10H2,1H3. The molecule has 15 heavy (non-hydrogen) atoms. The summed E-state index contributed by atoms with van der Waals surface area (Å²) in [5.74, 6) is 5.94. The number of rotatable bonds is 3. The van der Waals surface area contributed by atoms with Gasteiger partial charge in [0, 0.05) is 18.4 Å². The highest BCUT2D eigenvalue weighted by molar-refractivity contribution is 5.78. The number of carbonyl (C=O) groups is 1. The molecule has 0 unspecified atom stereocenters. The molecule has 0 aliphatic rings. The highest BCUT2D eigenvalue weighted by Crippen LogP contribution is 2.08. The van der Waals surface area contributed by atoms with Gasteiger partial charge in [0.1, 0.15) is 5.78 Å². The third-order valence-corrected chi connectivity index (χ3v) is 1.92. The minimum atomic E-state index is 0.0713. The molecular formula is C13H14O2. The fourth-order valence-electron chi connectivity index (χ4n) is 1.28. The van der Waals surface area contributed by atoms with Crippen LogP contribution in [0.2, 0.25) is 0 Å². The van der Waals surface area contributed by atoms with Crippen molar-refractivity contribution in [2.75, 3.05) is 6.61 Å². The van der Waals surface area contributed by atoms with Gasteiger partial charge in [-0.15, -0.1) is 0 Å². The fourth-order valence-corrected chi connectivity index (χ4v) is 1.28. The maximum absolute atomic E-state index is 11.0. The second kappa shape index (κ2) is 6.00. The molecule has 0 amide bonds. The van der Waals surface area contributed by atoms with Gasteiger partial charge in [-0.1, -0.05) is 30.0 Å². The zero-order chi connectivity index (χ0) is 11.1. The Morgan fingerprint density at radius 3 is 2.80 bits per heavy atom. The maximum atomic E-state index is 11.0. The Morgan fingerprint density at radius 2 is 2.13 bits per heavy atom. The topological polar surface area (TPSA) is 37.3 Å². The van der Waals surface area contributed by atoms with Gasteiger partial charge in [-0.3, -0.25) is 4.79 Å². The molecule has 1 N–H and O–H groups in total. The summed E-state index contributed by atoms with van der Waals surface area (Å²) in [4.78, 5) is 11.0. The van der Waals surface area contributed by atoms with Crippen LogP contribution >= 0.6 is 0 Å². The van der Waals surface area contributed by atoms with Crippen LogP contribution in [0.25, 0.3) is 0 Å². The Balaban J connectivity index is 2.87. The van der Waals surface area contributed by atoms with Crippen molar-refractivity contribution in [1.82, 2.24) is 0 Å². The van der Waals surface area contributed by atoms with Gasteiger partial charge in [0.25, 0.3) is 0 Å². The zero-order valence-corrected chi connectivity index (χ0v) is 8.79. The van der Waals surface area contributed by atoms with Crippen molar-refractivity contribution in [2.24, 2.45) is 0 Å². The lowest BCUT2D eigenvalue weighted by Crippen LogP contribution is -1.98. The molecule has 0 fully saturated rings. The van der Waals surface area contributed by atoms with Crippen molar-refractivity contribution < 1.29 is 9.90 Å². The number of aliphatic hydroxyl groups is 1. The van der Waals surface area contributed by atoms with Crippen LogP contribution in [-0.2, 0) is 11.2 Å². The first-order valence-corrected chi connectivity index (χ1v) is 4.91. The largest absolute Gasteiger partial charge is 0.395 e. The molecule has 0 radical (unpaired) electrons. The normalized spacial score (nSPS) is 9.20. The number of Topliss-reactive ketones (excluding diaryl/α,β-unsaturated/α-hetero) is 1. The van der Waals surface area contributed by atoms with Crippen LogP contribution in [0.15, 0.2) is 24.3 Å². The van der Waals surface area contributed by atoms with E-state index in [-0.39, 0.29) is 12.4 Å². The zero-order valence-electron chi connectivity index (χ0n) is 8.79. The van der Waals surface area contributed by atoms with Crippen LogP contribution in [0.5, 0.6) is 0 Å². The molecule has 0 aromatic heterocycles. The van der Waals surface area contributed by atoms with Crippen molar-refractivity contribution in [3.05, 3.63) is 35.4 Å². The third kappa shape index (κ3) is 3.97. The predicted molar refractivity (Wildman–Crippen MR) is 59.4 cm³/mol. The quantitative estimate of drug-likeness (QED) is 0.755. The van der Waals surface area contributed by atoms with E-state index in [1.807, 2.05) is 24.3 Å². The minimum absolute atomic E-state index is 0.0713. The summed E-state index contributed by atoms with van der Waals surface area (Å²) < 4.78 is 0. The number of hydrogen-bond acceptors (Lipinski definition) is 2. The van der Waals surface area contributed by atoms with E-state index in [0.29, 0.717) is 12.8 Å². The smallest absolute Gasteiger partial charge is 0.134 e. The Kier molecular flexibility index (Phi) is 4.59. The lowest BCUT2D eigenvalue weighted by atomic mass is 10.0. The van der Waals surface area contributed by atoms with E-state index in [4.69, 9.17) is 5.11 Å². The molecule has 0 spiro atoms. The third-order valence-electron chi connectivity index (χ3n) is 1.92. The maximum Gasteiger partial charge on any atom is 0.134 e. The van der Waals surface area contributed by atoms with Crippen LogP contribution in [0, 0.1) is 11.8 Å². The van der Waals surface area contributed by atoms with Crippen molar-refractivity contribution in [3.8, 4) is 11.8 Å². The number of hydrogen-bond donors (Lipinski definition) is 1. The SMILES string of the molecule is CC(=O)Cc1ccccc1C#CCCO. The predicted octanol–water partition coefficient (Wildman–Crippen LogP) is 1.55. The van der Waals surface area contributed by atoms with Gasteiger partial charge in [-0.05, 0) is 18.6 Å². The Labute approximate surface area is 89.9 Å². The van der Waals surface area contributed by atoms with Gasteiger partial charge in [-0.25, -0.2) is 0 Å². The summed E-state index contributed by atoms with van der Waals surface area (Å²) in [5, 5.41) is 8.60. The van der Waals surface area contributed by atoms with Gasteiger partial charge in [0.15, 0.2) is 0 Å². The van der Waals surface area contributed by atoms with Crippen molar-refractivity contribution in [1.29, 1.82) is 0 Å². The fraction of sp³-hybridized carbons (Fsp3) is 0.308. The molecule has 0 saturated heterocycles. The van der Waals surface area contributed by atoms with Gasteiger partial charge in [-0.2, -0.15) is 0 Å². The molecule has 0 saturated carbocycles. The van der Waals surface area contributed by atoms with Crippen LogP contribution in [0.1, 0.15) is 24.5 Å². The van der Waals surface area contributed by atoms with Crippen LogP contribution in [0.4, 0.5) is 0 Å². The first kappa shape index (κ1) is 11.5. The minimum Gasteiger partial charge on any atom is -0.395 e. The number of ketones is 1. The number of carbonyl (C=O) groups excluding carboxylic acids is 1. The number of aliphatic hydroxyl groups excluding tert-OH is 1. The van der Waals surface area contributed by atoms with E-state index >= 15 is 0 Å². The Hall–Kier alpha value is -1.59. The summed E-state index contributed by atoms with van der Waals surface area (Å²) in [6.45, 7) is 1.64. The van der Waals surface area contributed by atoms with E-state index in [1.165, 1.54) is 0 Å². The molecule has 0 aliphatic carbocycles. The average molecular weight is 202 g/mol. The van der Waals surface area contributed by atoms with Crippen molar-refractivity contribution in [3.63, 3.8) is 0 Å². The Morgan fingerprint density at radius 1 is 1.40 bits per heavy atom. The summed E-state index contributed by atoms with van der Waals surface area (Å²) >= 11 is 0. The number of benzene rings is 1. The van der Waals surface area contributed by atoms with Gasteiger partial charge >= 0.3 is 0 Å². The molecule has 0 atom stereocenters. The van der Waals surface area contributed by atoms with Gasteiger partial charge in [0.2, 0.25) is 0 Å². The highest BCUT2D eigenvalue weighted by Gasteiger charge is 2.01. The lowest BCUT2D eigenvalue weighted by Gasteiger charge is -2.00. The molecule has 1 aromatic carbocycles.